The summed E-state index contributed by atoms with van der Waals surface area (Å²) in [5, 5.41) is 5.76. The first-order chi connectivity index (χ1) is 15.3. The first-order valence-corrected chi connectivity index (χ1v) is 11.2. The lowest BCUT2D eigenvalue weighted by molar-refractivity contribution is -0.141. The van der Waals surface area contributed by atoms with Gasteiger partial charge < -0.3 is 10.6 Å². The number of hydrogen-bond acceptors (Lipinski definition) is 6. The van der Waals surface area contributed by atoms with Crippen molar-refractivity contribution in [1.29, 1.82) is 0 Å². The van der Waals surface area contributed by atoms with Crippen molar-refractivity contribution in [2.24, 2.45) is 5.92 Å². The Morgan fingerprint density at radius 1 is 1.32 bits per heavy atom. The first-order valence-electron chi connectivity index (χ1n) is 10.2. The Morgan fingerprint density at radius 3 is 2.58 bits per heavy atom. The van der Waals surface area contributed by atoms with Gasteiger partial charge in [0.05, 0.1) is 15.0 Å². The highest BCUT2D eigenvalue weighted by Gasteiger charge is 2.35. The molecule has 3 rings (SSSR count). The predicted octanol–water partition coefficient (Wildman–Crippen LogP) is 3.17. The monoisotopic (exact) mass is 456 g/mol. The van der Waals surface area contributed by atoms with Gasteiger partial charge in [-0.05, 0) is 24.3 Å². The minimum absolute atomic E-state index is 0.0264. The molecule has 1 saturated carbocycles. The lowest BCUT2D eigenvalue weighted by Crippen LogP contribution is -2.36. The second-order valence-electron chi connectivity index (χ2n) is 7.06. The zero-order chi connectivity index (χ0) is 24.4. The highest BCUT2D eigenvalue weighted by atomic mass is 32.2. The van der Waals surface area contributed by atoms with Gasteiger partial charge in [0, 0.05) is 18.2 Å². The van der Waals surface area contributed by atoms with Gasteiger partial charge in [0.25, 0.3) is 5.91 Å². The molecule has 1 aromatic carbocycles. The zero-order valence-electron chi connectivity index (χ0n) is 18.3. The van der Waals surface area contributed by atoms with Crippen LogP contribution >= 0.6 is 0 Å². The van der Waals surface area contributed by atoms with Crippen LogP contribution in [-0.4, -0.2) is 36.6 Å². The van der Waals surface area contributed by atoms with Crippen LogP contribution in [0.25, 0.3) is 0 Å². The molecule has 166 valence electrons. The van der Waals surface area contributed by atoms with Crippen LogP contribution in [0.15, 0.2) is 48.0 Å². The number of sulfone groups is 1. The minimum atomic E-state index is -4.87. The maximum atomic E-state index is 13.2. The van der Waals surface area contributed by atoms with Gasteiger partial charge in [0.15, 0.2) is 27.0 Å². The van der Waals surface area contributed by atoms with Gasteiger partial charge in [-0.1, -0.05) is 36.4 Å². The SMILES string of the molecule is [2H]C([2H])(Nc1nc(C(F)(F)F)cnc1C(=O)N[C@H](/C=C/S(C)(=O)=O)C1CC1)c1ccccc1. The summed E-state index contributed by atoms with van der Waals surface area (Å²) in [6, 6.07) is 6.91. The molecule has 1 aliphatic rings. The number of alkyl halides is 3. The van der Waals surface area contributed by atoms with Crippen LogP contribution in [0.4, 0.5) is 19.0 Å². The van der Waals surface area contributed by atoms with Crippen LogP contribution in [0.5, 0.6) is 0 Å². The van der Waals surface area contributed by atoms with E-state index in [9.17, 15) is 26.4 Å². The van der Waals surface area contributed by atoms with Gasteiger partial charge in [-0.3, -0.25) is 4.79 Å². The van der Waals surface area contributed by atoms with Gasteiger partial charge in [0.2, 0.25) is 0 Å². The molecule has 2 N–H and O–H groups in total. The summed E-state index contributed by atoms with van der Waals surface area (Å²) in [5.74, 6) is -1.64. The van der Waals surface area contributed by atoms with Crippen LogP contribution in [0.3, 0.4) is 0 Å². The fourth-order valence-electron chi connectivity index (χ4n) is 2.66. The Morgan fingerprint density at radius 2 is 2.00 bits per heavy atom. The van der Waals surface area contributed by atoms with Gasteiger partial charge in [0.1, 0.15) is 0 Å². The molecule has 31 heavy (non-hydrogen) atoms. The number of carbonyl (C=O) groups excluding carboxylic acids is 1. The molecule has 0 unspecified atom stereocenters. The number of nitrogens with one attached hydrogen (secondary N) is 2. The Bertz CT molecular complexity index is 1150. The molecule has 11 heteroatoms. The molecule has 1 heterocycles. The van der Waals surface area contributed by atoms with Crippen molar-refractivity contribution in [3.05, 3.63) is 65.0 Å². The molecule has 1 aromatic heterocycles. The molecule has 7 nitrogen and oxygen atoms in total. The molecule has 1 aliphatic carbocycles. The highest BCUT2D eigenvalue weighted by Crippen LogP contribution is 2.34. The van der Waals surface area contributed by atoms with Gasteiger partial charge in [-0.15, -0.1) is 0 Å². The average Bonchev–Trinajstić information content (AvgIpc) is 3.55. The summed E-state index contributed by atoms with van der Waals surface area (Å²) in [6.45, 7) is -2.37. The average molecular weight is 456 g/mol. The summed E-state index contributed by atoms with van der Waals surface area (Å²) in [4.78, 5) is 19.9. The molecular formula is C20H21F3N4O3S. The third-order valence-electron chi connectivity index (χ3n) is 4.34. The van der Waals surface area contributed by atoms with E-state index in [0.29, 0.717) is 6.20 Å². The Labute approximate surface area is 180 Å². The van der Waals surface area contributed by atoms with Crippen molar-refractivity contribution in [2.45, 2.75) is 31.6 Å². The second kappa shape index (κ2) is 9.04. The van der Waals surface area contributed by atoms with E-state index in [2.05, 4.69) is 20.6 Å². The van der Waals surface area contributed by atoms with E-state index in [4.69, 9.17) is 2.74 Å². The number of amides is 1. The lowest BCUT2D eigenvalue weighted by atomic mass is 10.1. The Balaban J connectivity index is 1.95. The standard InChI is InChI=1S/C20H21F3N4O3S/c1-31(29,30)10-9-15(14-7-8-14)26-19(28)17-18(25-11-13-5-3-2-4-6-13)27-16(12-24-17)20(21,22)23/h2-6,9-10,12,14-15H,7-8,11H2,1H3,(H,25,27)(H,26,28)/b10-9+/t15-/m1/s1/i11D2. The summed E-state index contributed by atoms with van der Waals surface area (Å²) in [7, 11) is -3.46. The summed E-state index contributed by atoms with van der Waals surface area (Å²) in [6.07, 6.45) is -0.717. The van der Waals surface area contributed by atoms with E-state index in [0.717, 1.165) is 24.5 Å². The second-order valence-corrected chi connectivity index (χ2v) is 8.99. The highest BCUT2D eigenvalue weighted by molar-refractivity contribution is 7.93. The van der Waals surface area contributed by atoms with E-state index in [1.807, 2.05) is 0 Å². The van der Waals surface area contributed by atoms with Crippen LogP contribution in [0.2, 0.25) is 0 Å². The molecule has 1 amide bonds. The quantitative estimate of drug-likeness (QED) is 0.633. The van der Waals surface area contributed by atoms with Crippen molar-refractivity contribution in [3.8, 4) is 0 Å². The van der Waals surface area contributed by atoms with Gasteiger partial charge in [-0.25, -0.2) is 18.4 Å². The normalized spacial score (nSPS) is 17.0. The van der Waals surface area contributed by atoms with Crippen LogP contribution < -0.4 is 10.6 Å². The fourth-order valence-corrected chi connectivity index (χ4v) is 3.11. The van der Waals surface area contributed by atoms with E-state index in [1.165, 1.54) is 18.2 Å². The molecule has 0 bridgehead atoms. The fraction of sp³-hybridized carbons (Fsp3) is 0.350. The maximum Gasteiger partial charge on any atom is 0.434 e. The van der Waals surface area contributed by atoms with Crippen molar-refractivity contribution < 1.29 is 29.1 Å². The van der Waals surface area contributed by atoms with E-state index < -0.39 is 51.7 Å². The Hall–Kier alpha value is -2.95. The summed E-state index contributed by atoms with van der Waals surface area (Å²) in [5.41, 5.74) is -1.86. The lowest BCUT2D eigenvalue weighted by Gasteiger charge is -2.17. The molecular weight excluding hydrogens is 433 g/mol. The van der Waals surface area contributed by atoms with Crippen LogP contribution in [-0.2, 0) is 22.5 Å². The molecule has 1 atom stereocenters. The van der Waals surface area contributed by atoms with E-state index in [1.54, 1.807) is 18.2 Å². The topological polar surface area (TPSA) is 101 Å². The first kappa shape index (κ1) is 20.0. The van der Waals surface area contributed by atoms with Crippen molar-refractivity contribution in [2.75, 3.05) is 11.6 Å². The van der Waals surface area contributed by atoms with E-state index in [-0.39, 0.29) is 11.5 Å². The molecule has 0 spiro atoms. The molecule has 0 aliphatic heterocycles. The van der Waals surface area contributed by atoms with E-state index >= 15 is 0 Å². The third kappa shape index (κ3) is 6.78. The zero-order valence-corrected chi connectivity index (χ0v) is 17.2. The number of anilines is 1. The van der Waals surface area contributed by atoms with Gasteiger partial charge >= 0.3 is 6.18 Å². The molecule has 0 saturated heterocycles. The third-order valence-corrected chi connectivity index (χ3v) is 4.99. The molecule has 1 fully saturated rings. The van der Waals surface area contributed by atoms with Crippen LogP contribution in [0.1, 0.15) is 37.3 Å². The summed E-state index contributed by atoms with van der Waals surface area (Å²) < 4.78 is 78.9. The number of hydrogen-bond donors (Lipinski definition) is 2. The van der Waals surface area contributed by atoms with Crippen LogP contribution in [0, 0.1) is 5.92 Å². The number of aromatic nitrogens is 2. The maximum absolute atomic E-state index is 13.2. The minimum Gasteiger partial charge on any atom is -0.364 e. The number of nitrogens with zero attached hydrogens (tertiary/aromatic N) is 2. The number of benzene rings is 1. The largest absolute Gasteiger partial charge is 0.434 e. The van der Waals surface area contributed by atoms with Crippen molar-refractivity contribution >= 4 is 21.6 Å². The summed E-state index contributed by atoms with van der Waals surface area (Å²) >= 11 is 0. The van der Waals surface area contributed by atoms with Crippen molar-refractivity contribution in [3.63, 3.8) is 0 Å². The molecule has 2 aromatic rings. The smallest absolute Gasteiger partial charge is 0.364 e. The van der Waals surface area contributed by atoms with Gasteiger partial charge in [-0.2, -0.15) is 13.2 Å². The molecule has 0 radical (unpaired) electrons. The van der Waals surface area contributed by atoms with Crippen molar-refractivity contribution in [1.82, 2.24) is 15.3 Å². The number of halogens is 3. The number of rotatable bonds is 8. The Kier molecular flexibility index (Phi) is 5.83. The predicted molar refractivity (Wildman–Crippen MR) is 109 cm³/mol. The number of carbonyl (C=O) groups is 1.